The molecule has 1 rings (SSSR count). The maximum atomic E-state index is 13.2. The lowest BCUT2D eigenvalue weighted by Crippen LogP contribution is -2.34. The number of carbonyl (C=O) groups is 1. The predicted octanol–water partition coefficient (Wildman–Crippen LogP) is 1.75. The van der Waals surface area contributed by atoms with Gasteiger partial charge in [-0.1, -0.05) is 0 Å². The SMILES string of the molecule is COC(=O)C(C)NCc1cc(F)c(F)cc1F. The van der Waals surface area contributed by atoms with Crippen molar-refractivity contribution in [3.8, 4) is 0 Å². The Hall–Kier alpha value is -1.56. The highest BCUT2D eigenvalue weighted by atomic mass is 19.2. The minimum atomic E-state index is -1.24. The molecular weight excluding hydrogens is 235 g/mol. The fraction of sp³-hybridized carbons (Fsp3) is 0.364. The number of ether oxygens (including phenoxy) is 1. The van der Waals surface area contributed by atoms with E-state index in [4.69, 9.17) is 0 Å². The van der Waals surface area contributed by atoms with E-state index in [1.54, 1.807) is 0 Å². The van der Waals surface area contributed by atoms with Crippen LogP contribution in [0.2, 0.25) is 0 Å². The van der Waals surface area contributed by atoms with Gasteiger partial charge in [-0.15, -0.1) is 0 Å². The lowest BCUT2D eigenvalue weighted by atomic mass is 10.2. The van der Waals surface area contributed by atoms with Gasteiger partial charge in [0, 0.05) is 18.2 Å². The third kappa shape index (κ3) is 3.45. The Morgan fingerprint density at radius 2 is 1.88 bits per heavy atom. The Morgan fingerprint density at radius 1 is 1.29 bits per heavy atom. The second-order valence-corrected chi connectivity index (χ2v) is 3.48. The van der Waals surface area contributed by atoms with Crippen LogP contribution in [-0.4, -0.2) is 19.1 Å². The zero-order chi connectivity index (χ0) is 13.0. The van der Waals surface area contributed by atoms with Crippen LogP contribution in [-0.2, 0) is 16.1 Å². The lowest BCUT2D eigenvalue weighted by Gasteiger charge is -2.12. The van der Waals surface area contributed by atoms with Crippen LogP contribution in [0.4, 0.5) is 13.2 Å². The van der Waals surface area contributed by atoms with Crippen molar-refractivity contribution in [3.05, 3.63) is 35.1 Å². The third-order valence-electron chi connectivity index (χ3n) is 2.24. The van der Waals surface area contributed by atoms with E-state index in [1.807, 2.05) is 0 Å². The molecule has 0 radical (unpaired) electrons. The first-order valence-corrected chi connectivity index (χ1v) is 4.90. The summed E-state index contributed by atoms with van der Waals surface area (Å²) in [5.41, 5.74) is -0.0559. The minimum Gasteiger partial charge on any atom is -0.468 e. The Labute approximate surface area is 96.6 Å². The number of hydrogen-bond donors (Lipinski definition) is 1. The van der Waals surface area contributed by atoms with Crippen molar-refractivity contribution in [2.75, 3.05) is 7.11 Å². The van der Waals surface area contributed by atoms with Crippen LogP contribution in [0.5, 0.6) is 0 Å². The molecule has 3 nitrogen and oxygen atoms in total. The van der Waals surface area contributed by atoms with E-state index in [-0.39, 0.29) is 12.1 Å². The van der Waals surface area contributed by atoms with Gasteiger partial charge >= 0.3 is 5.97 Å². The Kier molecular flexibility index (Phi) is 4.51. The quantitative estimate of drug-likeness (QED) is 0.650. The molecule has 17 heavy (non-hydrogen) atoms. The van der Waals surface area contributed by atoms with Crippen LogP contribution < -0.4 is 5.32 Å². The minimum absolute atomic E-state index is 0.0559. The molecule has 0 fully saturated rings. The standard InChI is InChI=1S/C11H12F3NO2/c1-6(11(16)17-2)15-5-7-3-9(13)10(14)4-8(7)12/h3-4,6,15H,5H2,1-2H3. The van der Waals surface area contributed by atoms with Gasteiger partial charge in [-0.3, -0.25) is 4.79 Å². The molecule has 1 aromatic carbocycles. The lowest BCUT2D eigenvalue weighted by molar-refractivity contribution is -0.142. The highest BCUT2D eigenvalue weighted by Crippen LogP contribution is 2.13. The van der Waals surface area contributed by atoms with E-state index >= 15 is 0 Å². The summed E-state index contributed by atoms with van der Waals surface area (Å²) in [6, 6.07) is 0.559. The molecular formula is C11H12F3NO2. The molecule has 94 valence electrons. The smallest absolute Gasteiger partial charge is 0.322 e. The average Bonchev–Trinajstić information content (AvgIpc) is 2.30. The van der Waals surface area contributed by atoms with E-state index in [0.717, 1.165) is 6.07 Å². The van der Waals surface area contributed by atoms with E-state index in [2.05, 4.69) is 10.1 Å². The summed E-state index contributed by atoms with van der Waals surface area (Å²) in [7, 11) is 1.22. The fourth-order valence-corrected chi connectivity index (χ4v) is 1.22. The molecule has 0 heterocycles. The molecule has 0 aliphatic rings. The maximum absolute atomic E-state index is 13.2. The molecule has 0 saturated carbocycles. The van der Waals surface area contributed by atoms with Gasteiger partial charge in [-0.2, -0.15) is 0 Å². The average molecular weight is 247 g/mol. The number of benzene rings is 1. The third-order valence-corrected chi connectivity index (χ3v) is 2.24. The Balaban J connectivity index is 2.70. The summed E-state index contributed by atoms with van der Waals surface area (Å²) < 4.78 is 43.1. The van der Waals surface area contributed by atoms with E-state index in [1.165, 1.54) is 14.0 Å². The van der Waals surface area contributed by atoms with Crippen LogP contribution in [0.3, 0.4) is 0 Å². The monoisotopic (exact) mass is 247 g/mol. The first-order valence-electron chi connectivity index (χ1n) is 4.90. The first-order chi connectivity index (χ1) is 7.95. The predicted molar refractivity (Wildman–Crippen MR) is 54.6 cm³/mol. The zero-order valence-electron chi connectivity index (χ0n) is 9.39. The summed E-state index contributed by atoms with van der Waals surface area (Å²) in [6.45, 7) is 1.42. The van der Waals surface area contributed by atoms with Gasteiger partial charge in [-0.05, 0) is 13.0 Å². The molecule has 0 aromatic heterocycles. The molecule has 0 bridgehead atoms. The number of rotatable bonds is 4. The van der Waals surface area contributed by atoms with Crippen molar-refractivity contribution in [2.24, 2.45) is 0 Å². The van der Waals surface area contributed by atoms with Gasteiger partial charge in [0.05, 0.1) is 7.11 Å². The van der Waals surface area contributed by atoms with Crippen LogP contribution >= 0.6 is 0 Å². The number of nitrogens with one attached hydrogen (secondary N) is 1. The number of esters is 1. The first kappa shape index (κ1) is 13.5. The normalized spacial score (nSPS) is 12.3. The zero-order valence-corrected chi connectivity index (χ0v) is 9.39. The molecule has 0 spiro atoms. The molecule has 6 heteroatoms. The summed E-state index contributed by atoms with van der Waals surface area (Å²) >= 11 is 0. The van der Waals surface area contributed by atoms with Crippen molar-refractivity contribution in [1.29, 1.82) is 0 Å². The summed E-state index contributed by atoms with van der Waals surface area (Å²) in [6.07, 6.45) is 0. The summed E-state index contributed by atoms with van der Waals surface area (Å²) in [5.74, 6) is -3.76. The molecule has 1 unspecified atom stereocenters. The Morgan fingerprint density at radius 3 is 2.47 bits per heavy atom. The van der Waals surface area contributed by atoms with Crippen LogP contribution in [0.25, 0.3) is 0 Å². The number of hydrogen-bond acceptors (Lipinski definition) is 3. The second kappa shape index (κ2) is 5.67. The number of carbonyl (C=O) groups excluding carboxylic acids is 1. The van der Waals surface area contributed by atoms with Crippen LogP contribution in [0.15, 0.2) is 12.1 Å². The van der Waals surface area contributed by atoms with E-state index in [0.29, 0.717) is 6.07 Å². The number of methoxy groups -OCH3 is 1. The van der Waals surface area contributed by atoms with Gasteiger partial charge in [0.1, 0.15) is 11.9 Å². The van der Waals surface area contributed by atoms with Crippen molar-refractivity contribution in [3.63, 3.8) is 0 Å². The molecule has 0 aliphatic carbocycles. The number of halogens is 3. The van der Waals surface area contributed by atoms with Crippen molar-refractivity contribution < 1.29 is 22.7 Å². The highest BCUT2D eigenvalue weighted by Gasteiger charge is 2.14. The van der Waals surface area contributed by atoms with Gasteiger partial charge < -0.3 is 10.1 Å². The van der Waals surface area contributed by atoms with E-state index in [9.17, 15) is 18.0 Å². The van der Waals surface area contributed by atoms with Crippen molar-refractivity contribution >= 4 is 5.97 Å². The molecule has 1 N–H and O–H groups in total. The maximum Gasteiger partial charge on any atom is 0.322 e. The largest absolute Gasteiger partial charge is 0.468 e. The van der Waals surface area contributed by atoms with Gasteiger partial charge in [0.15, 0.2) is 11.6 Å². The summed E-state index contributed by atoms with van der Waals surface area (Å²) in [4.78, 5) is 11.0. The molecule has 0 amide bonds. The van der Waals surface area contributed by atoms with Gasteiger partial charge in [-0.25, -0.2) is 13.2 Å². The topological polar surface area (TPSA) is 38.3 Å². The molecule has 1 atom stereocenters. The highest BCUT2D eigenvalue weighted by molar-refractivity contribution is 5.75. The van der Waals surface area contributed by atoms with Crippen molar-refractivity contribution in [1.82, 2.24) is 5.32 Å². The van der Waals surface area contributed by atoms with E-state index < -0.39 is 29.5 Å². The fourth-order valence-electron chi connectivity index (χ4n) is 1.22. The molecule has 0 saturated heterocycles. The second-order valence-electron chi connectivity index (χ2n) is 3.48. The molecule has 0 aliphatic heterocycles. The van der Waals surface area contributed by atoms with Crippen molar-refractivity contribution in [2.45, 2.75) is 19.5 Å². The van der Waals surface area contributed by atoms with Crippen LogP contribution in [0, 0.1) is 17.5 Å². The van der Waals surface area contributed by atoms with Crippen LogP contribution in [0.1, 0.15) is 12.5 Å². The van der Waals surface area contributed by atoms with Gasteiger partial charge in [0.25, 0.3) is 0 Å². The molecule has 1 aromatic rings. The Bertz CT molecular complexity index is 423. The summed E-state index contributed by atoms with van der Waals surface area (Å²) in [5, 5.41) is 2.63. The van der Waals surface area contributed by atoms with Gasteiger partial charge in [0.2, 0.25) is 0 Å².